The van der Waals surface area contributed by atoms with Gasteiger partial charge in [-0.05, 0) is 50.2 Å². The Morgan fingerprint density at radius 2 is 2.00 bits per heavy atom. The lowest BCUT2D eigenvalue weighted by Gasteiger charge is -2.28. The molecule has 0 saturated carbocycles. The number of carbonyl (C=O) groups excluding carboxylic acids is 1. The third kappa shape index (κ3) is 3.60. The van der Waals surface area contributed by atoms with E-state index in [4.69, 9.17) is 4.42 Å². The van der Waals surface area contributed by atoms with Crippen LogP contribution in [-0.2, 0) is 0 Å². The number of piperidine rings is 1. The van der Waals surface area contributed by atoms with E-state index in [0.29, 0.717) is 12.3 Å². The van der Waals surface area contributed by atoms with Crippen LogP contribution >= 0.6 is 11.3 Å². The van der Waals surface area contributed by atoms with Gasteiger partial charge in [-0.15, -0.1) is 0 Å². The number of hydrogen-bond acceptors (Lipinski definition) is 5. The summed E-state index contributed by atoms with van der Waals surface area (Å²) in [7, 11) is 0. The quantitative estimate of drug-likeness (QED) is 0.693. The van der Waals surface area contributed by atoms with Crippen LogP contribution in [0.25, 0.3) is 10.2 Å². The molecule has 0 aliphatic carbocycles. The minimum absolute atomic E-state index is 0.124. The summed E-state index contributed by atoms with van der Waals surface area (Å²) in [6, 6.07) is 11.4. The number of benzene rings is 1. The van der Waals surface area contributed by atoms with Gasteiger partial charge in [0.05, 0.1) is 16.5 Å². The van der Waals surface area contributed by atoms with Crippen molar-refractivity contribution in [2.24, 2.45) is 0 Å². The molecule has 1 aliphatic heterocycles. The molecule has 5 nitrogen and oxygen atoms in total. The molecule has 1 aliphatic rings. The zero-order chi connectivity index (χ0) is 17.1. The summed E-state index contributed by atoms with van der Waals surface area (Å²) in [6.07, 6.45) is 5.33. The molecule has 2 aromatic heterocycles. The van der Waals surface area contributed by atoms with Crippen LogP contribution in [0.15, 0.2) is 47.1 Å². The Morgan fingerprint density at radius 3 is 2.76 bits per heavy atom. The number of likely N-dealkylation sites (tertiary alicyclic amines) is 1. The van der Waals surface area contributed by atoms with Gasteiger partial charge >= 0.3 is 0 Å². The molecule has 0 atom stereocenters. The van der Waals surface area contributed by atoms with Crippen molar-refractivity contribution in [2.45, 2.75) is 19.3 Å². The van der Waals surface area contributed by atoms with E-state index in [0.717, 1.165) is 35.0 Å². The SMILES string of the molecule is O=C(c1ccco1)N(CCN1CCCCC1)c1nc2ccccc2s1. The fraction of sp³-hybridized carbons (Fsp3) is 0.368. The van der Waals surface area contributed by atoms with Gasteiger partial charge in [-0.2, -0.15) is 0 Å². The molecule has 1 amide bonds. The summed E-state index contributed by atoms with van der Waals surface area (Å²) in [4.78, 5) is 21.8. The number of aromatic nitrogens is 1. The van der Waals surface area contributed by atoms with Gasteiger partial charge in [-0.3, -0.25) is 9.69 Å². The number of fused-ring (bicyclic) bond motifs is 1. The molecule has 1 fully saturated rings. The average Bonchev–Trinajstić information content (AvgIpc) is 3.32. The Bertz CT molecular complexity index is 804. The van der Waals surface area contributed by atoms with E-state index in [2.05, 4.69) is 9.88 Å². The van der Waals surface area contributed by atoms with Gasteiger partial charge in [-0.1, -0.05) is 29.9 Å². The molecule has 4 rings (SSSR count). The van der Waals surface area contributed by atoms with E-state index in [1.54, 1.807) is 28.4 Å². The highest BCUT2D eigenvalue weighted by molar-refractivity contribution is 7.22. The van der Waals surface area contributed by atoms with Gasteiger partial charge in [0, 0.05) is 13.1 Å². The highest BCUT2D eigenvalue weighted by Crippen LogP contribution is 2.29. The fourth-order valence-corrected chi connectivity index (χ4v) is 4.21. The zero-order valence-corrected chi connectivity index (χ0v) is 14.9. The predicted octanol–water partition coefficient (Wildman–Crippen LogP) is 4.02. The average molecular weight is 355 g/mol. The Balaban J connectivity index is 1.59. The summed E-state index contributed by atoms with van der Waals surface area (Å²) in [6.45, 7) is 3.72. The highest BCUT2D eigenvalue weighted by Gasteiger charge is 2.24. The standard InChI is InChI=1S/C19H21N3O2S/c23-18(16-8-6-14-24-16)22(13-12-21-10-4-1-5-11-21)19-20-15-7-2-3-9-17(15)25-19/h2-3,6-9,14H,1,4-5,10-13H2. The molecule has 1 saturated heterocycles. The molecule has 0 radical (unpaired) electrons. The van der Waals surface area contributed by atoms with Gasteiger partial charge in [0.15, 0.2) is 10.9 Å². The number of para-hydroxylation sites is 1. The number of carbonyl (C=O) groups is 1. The summed E-state index contributed by atoms with van der Waals surface area (Å²) >= 11 is 1.55. The number of nitrogens with zero attached hydrogens (tertiary/aromatic N) is 3. The summed E-state index contributed by atoms with van der Waals surface area (Å²) in [5, 5.41) is 0.736. The second-order valence-electron chi connectivity index (χ2n) is 6.30. The largest absolute Gasteiger partial charge is 0.459 e. The molecular formula is C19H21N3O2S. The van der Waals surface area contributed by atoms with Crippen molar-refractivity contribution < 1.29 is 9.21 Å². The van der Waals surface area contributed by atoms with Gasteiger partial charge in [0.2, 0.25) is 0 Å². The summed E-state index contributed by atoms with van der Waals surface area (Å²) in [5.74, 6) is 0.235. The number of thiazole rings is 1. The van der Waals surface area contributed by atoms with Crippen molar-refractivity contribution in [1.82, 2.24) is 9.88 Å². The van der Waals surface area contributed by atoms with Crippen LogP contribution in [0.3, 0.4) is 0 Å². The van der Waals surface area contributed by atoms with Crippen molar-refractivity contribution >= 4 is 32.6 Å². The maximum atomic E-state index is 12.9. The topological polar surface area (TPSA) is 49.6 Å². The summed E-state index contributed by atoms with van der Waals surface area (Å²) in [5.41, 5.74) is 0.928. The van der Waals surface area contributed by atoms with Crippen molar-refractivity contribution in [2.75, 3.05) is 31.1 Å². The van der Waals surface area contributed by atoms with Crippen molar-refractivity contribution in [1.29, 1.82) is 0 Å². The van der Waals surface area contributed by atoms with E-state index in [-0.39, 0.29) is 5.91 Å². The van der Waals surface area contributed by atoms with Crippen LogP contribution in [0.1, 0.15) is 29.8 Å². The Morgan fingerprint density at radius 1 is 1.16 bits per heavy atom. The molecular weight excluding hydrogens is 334 g/mol. The number of amides is 1. The van der Waals surface area contributed by atoms with E-state index >= 15 is 0 Å². The van der Waals surface area contributed by atoms with Crippen LogP contribution in [0, 0.1) is 0 Å². The van der Waals surface area contributed by atoms with Gasteiger partial charge in [0.25, 0.3) is 5.91 Å². The first-order valence-corrected chi connectivity index (χ1v) is 9.56. The minimum Gasteiger partial charge on any atom is -0.459 e. The molecule has 130 valence electrons. The lowest BCUT2D eigenvalue weighted by molar-refractivity contribution is 0.0955. The second-order valence-corrected chi connectivity index (χ2v) is 7.31. The fourth-order valence-electron chi connectivity index (χ4n) is 3.22. The van der Waals surface area contributed by atoms with Crippen LogP contribution < -0.4 is 4.90 Å². The van der Waals surface area contributed by atoms with Crippen molar-refractivity contribution in [3.8, 4) is 0 Å². The molecule has 6 heteroatoms. The molecule has 0 bridgehead atoms. The maximum absolute atomic E-state index is 12.9. The number of anilines is 1. The van der Waals surface area contributed by atoms with Crippen LogP contribution in [0.2, 0.25) is 0 Å². The number of rotatable bonds is 5. The molecule has 25 heavy (non-hydrogen) atoms. The molecule has 1 aromatic carbocycles. The highest BCUT2D eigenvalue weighted by atomic mass is 32.1. The van der Waals surface area contributed by atoms with E-state index in [1.165, 1.54) is 25.5 Å². The molecule has 0 N–H and O–H groups in total. The third-order valence-electron chi connectivity index (χ3n) is 4.58. The Kier molecular flexibility index (Phi) is 4.81. The molecule has 3 heterocycles. The monoisotopic (exact) mass is 355 g/mol. The van der Waals surface area contributed by atoms with Crippen molar-refractivity contribution in [3.63, 3.8) is 0 Å². The smallest absolute Gasteiger partial charge is 0.295 e. The van der Waals surface area contributed by atoms with Crippen LogP contribution in [-0.4, -0.2) is 42.0 Å². The van der Waals surface area contributed by atoms with Gasteiger partial charge < -0.3 is 9.32 Å². The molecule has 0 unspecified atom stereocenters. The first kappa shape index (κ1) is 16.3. The van der Waals surface area contributed by atoms with Crippen molar-refractivity contribution in [3.05, 3.63) is 48.4 Å². The zero-order valence-electron chi connectivity index (χ0n) is 14.1. The van der Waals surface area contributed by atoms with Crippen LogP contribution in [0.4, 0.5) is 5.13 Å². The van der Waals surface area contributed by atoms with E-state index in [1.807, 2.05) is 24.3 Å². The van der Waals surface area contributed by atoms with E-state index < -0.39 is 0 Å². The minimum atomic E-state index is -0.124. The predicted molar refractivity (Wildman–Crippen MR) is 100 cm³/mol. The Labute approximate surface area is 150 Å². The first-order chi connectivity index (χ1) is 12.3. The molecule has 3 aromatic rings. The Hall–Kier alpha value is -2.18. The lowest BCUT2D eigenvalue weighted by Crippen LogP contribution is -2.40. The van der Waals surface area contributed by atoms with Gasteiger partial charge in [0.1, 0.15) is 0 Å². The second kappa shape index (κ2) is 7.37. The first-order valence-electron chi connectivity index (χ1n) is 8.74. The van der Waals surface area contributed by atoms with Crippen LogP contribution in [0.5, 0.6) is 0 Å². The number of hydrogen-bond donors (Lipinski definition) is 0. The normalized spacial score (nSPS) is 15.5. The van der Waals surface area contributed by atoms with Gasteiger partial charge in [-0.25, -0.2) is 4.98 Å². The van der Waals surface area contributed by atoms with E-state index in [9.17, 15) is 4.79 Å². The maximum Gasteiger partial charge on any atom is 0.295 e. The summed E-state index contributed by atoms with van der Waals surface area (Å²) < 4.78 is 6.43. The number of furan rings is 1. The molecule has 0 spiro atoms. The third-order valence-corrected chi connectivity index (χ3v) is 5.64. The lowest BCUT2D eigenvalue weighted by atomic mass is 10.1.